The van der Waals surface area contributed by atoms with Gasteiger partial charge in [-0.3, -0.25) is 0 Å². The smallest absolute Gasteiger partial charge is 0.217 e. The summed E-state index contributed by atoms with van der Waals surface area (Å²) < 4.78 is 153. The van der Waals surface area contributed by atoms with Gasteiger partial charge in [0.1, 0.15) is 4.91 Å². The zero-order valence-corrected chi connectivity index (χ0v) is 12.2. The van der Waals surface area contributed by atoms with E-state index in [0.29, 0.717) is 0 Å². The van der Waals surface area contributed by atoms with Crippen LogP contribution in [0.5, 0.6) is 0 Å². The lowest BCUT2D eigenvalue weighted by Gasteiger charge is -2.52. The van der Waals surface area contributed by atoms with Crippen molar-refractivity contribution in [2.45, 2.75) is 34.6 Å². The monoisotopic (exact) mass is 420 g/mol. The first-order chi connectivity index (χ1) is 10.00. The molecule has 0 amide bonds. The molecule has 0 radical (unpaired) electrons. The molecule has 15 heteroatoms. The normalized spacial score (nSPS) is 31.3. The van der Waals surface area contributed by atoms with Crippen molar-refractivity contribution in [1.29, 1.82) is 0 Å². The van der Waals surface area contributed by atoms with Crippen LogP contribution in [-0.4, -0.2) is 34.6 Å². The van der Waals surface area contributed by atoms with Crippen molar-refractivity contribution in [2.75, 3.05) is 0 Å². The number of allylic oxidation sites excluding steroid dienone is 2. The Morgan fingerprint density at radius 3 is 1.43 bits per heavy atom. The molecule has 2 rings (SSSR count). The minimum Gasteiger partial charge on any atom is -0.217 e. The van der Waals surface area contributed by atoms with Gasteiger partial charge in [-0.15, -0.1) is 0 Å². The van der Waals surface area contributed by atoms with Gasteiger partial charge in [-0.05, 0) is 31.4 Å². The van der Waals surface area contributed by atoms with Crippen LogP contribution < -0.4 is 0 Å². The molecule has 1 saturated carbocycles. The summed E-state index contributed by atoms with van der Waals surface area (Å²) in [4.78, 5) is -2.00. The van der Waals surface area contributed by atoms with Crippen molar-refractivity contribution in [3.63, 3.8) is 0 Å². The average Bonchev–Trinajstić information content (AvgIpc) is 2.40. The Morgan fingerprint density at radius 2 is 1.04 bits per heavy atom. The third kappa shape index (κ3) is 1.89. The minimum atomic E-state index is -6.02. The van der Waals surface area contributed by atoms with E-state index in [-0.39, 0.29) is 0 Å². The summed E-state index contributed by atoms with van der Waals surface area (Å²) in [5, 5.41) is -5.18. The molecule has 0 aromatic rings. The highest BCUT2D eigenvalue weighted by Crippen LogP contribution is 2.75. The first kappa shape index (κ1) is 19.3. The van der Waals surface area contributed by atoms with Crippen LogP contribution in [0.3, 0.4) is 0 Å². The van der Waals surface area contributed by atoms with Gasteiger partial charge in [0.15, 0.2) is 5.83 Å². The average molecular weight is 420 g/mol. The van der Waals surface area contributed by atoms with Gasteiger partial charge >= 0.3 is 34.6 Å². The molecule has 0 spiro atoms. The van der Waals surface area contributed by atoms with E-state index in [1.807, 2.05) is 0 Å². The standard InChI is InChI=1S/C8F12S3/c9-1-2(4(12,13)3(1,10)11)21-23-22-8(20)6(16,17)5(14,15)7(8,18)19. The molecule has 134 valence electrons. The van der Waals surface area contributed by atoms with E-state index < -0.39 is 76.8 Å². The maximum atomic E-state index is 13.5. The van der Waals surface area contributed by atoms with Crippen LogP contribution in [0.1, 0.15) is 0 Å². The van der Waals surface area contributed by atoms with Crippen LogP contribution in [0, 0.1) is 0 Å². The summed E-state index contributed by atoms with van der Waals surface area (Å²) in [5.74, 6) is -30.6. The first-order valence-electron chi connectivity index (χ1n) is 5.01. The van der Waals surface area contributed by atoms with Crippen molar-refractivity contribution in [2.24, 2.45) is 0 Å². The van der Waals surface area contributed by atoms with Crippen LogP contribution in [0.15, 0.2) is 10.7 Å². The molecule has 0 aromatic heterocycles. The van der Waals surface area contributed by atoms with Gasteiger partial charge in [0.2, 0.25) is 0 Å². The lowest BCUT2D eigenvalue weighted by atomic mass is 9.81. The number of rotatable bonds is 4. The lowest BCUT2D eigenvalue weighted by molar-refractivity contribution is -0.444. The van der Waals surface area contributed by atoms with Crippen molar-refractivity contribution >= 4 is 31.4 Å². The highest BCUT2D eigenvalue weighted by atomic mass is 33.5. The molecule has 0 unspecified atom stereocenters. The van der Waals surface area contributed by atoms with E-state index in [9.17, 15) is 52.7 Å². The fourth-order valence-electron chi connectivity index (χ4n) is 1.53. The van der Waals surface area contributed by atoms with Crippen molar-refractivity contribution in [3.8, 4) is 0 Å². The number of alkyl halides is 11. The quantitative estimate of drug-likeness (QED) is 0.401. The third-order valence-corrected chi connectivity index (χ3v) is 7.32. The van der Waals surface area contributed by atoms with Crippen molar-refractivity contribution in [3.05, 3.63) is 10.7 Å². The Labute approximate surface area is 130 Å². The summed E-state index contributed by atoms with van der Waals surface area (Å²) in [6, 6.07) is 0. The zero-order chi connectivity index (χ0) is 18.3. The number of hydrogen-bond donors (Lipinski definition) is 0. The second kappa shape index (κ2) is 4.77. The van der Waals surface area contributed by atoms with Crippen LogP contribution >= 0.6 is 31.4 Å². The molecule has 0 N–H and O–H groups in total. The Bertz CT molecular complexity index is 549. The molecule has 0 bridgehead atoms. The fourth-order valence-corrected chi connectivity index (χ4v) is 6.13. The summed E-state index contributed by atoms with van der Waals surface area (Å²) in [7, 11) is -2.74. The highest BCUT2D eigenvalue weighted by Gasteiger charge is 3.00. The Hall–Kier alpha value is -0.0500. The van der Waals surface area contributed by atoms with Gasteiger partial charge in [-0.25, -0.2) is 8.78 Å². The van der Waals surface area contributed by atoms with Crippen molar-refractivity contribution < 1.29 is 52.7 Å². The zero-order valence-electron chi connectivity index (χ0n) is 9.76. The molecule has 0 heterocycles. The molecular weight excluding hydrogens is 420 g/mol. The molecule has 0 saturated heterocycles. The Balaban J connectivity index is 2.10. The fraction of sp³-hybridized carbons (Fsp3) is 0.750. The van der Waals surface area contributed by atoms with Gasteiger partial charge in [0.05, 0.1) is 0 Å². The van der Waals surface area contributed by atoms with E-state index in [1.165, 1.54) is 0 Å². The van der Waals surface area contributed by atoms with Gasteiger partial charge in [0, 0.05) is 0 Å². The van der Waals surface area contributed by atoms with Gasteiger partial charge < -0.3 is 0 Å². The molecule has 2 aliphatic rings. The second-order valence-corrected chi connectivity index (χ2v) is 8.42. The summed E-state index contributed by atoms with van der Waals surface area (Å²) in [5.41, 5.74) is 0. The lowest BCUT2D eigenvalue weighted by Crippen LogP contribution is -2.82. The molecule has 0 atom stereocenters. The Kier molecular flexibility index (Phi) is 4.00. The second-order valence-electron chi connectivity index (χ2n) is 4.35. The maximum Gasteiger partial charge on any atom is 0.381 e. The van der Waals surface area contributed by atoms with Gasteiger partial charge in [0.25, 0.3) is 0 Å². The van der Waals surface area contributed by atoms with Gasteiger partial charge in [-0.2, -0.15) is 43.9 Å². The van der Waals surface area contributed by atoms with E-state index in [1.54, 1.807) is 0 Å². The van der Waals surface area contributed by atoms with E-state index >= 15 is 0 Å². The first-order valence-corrected chi connectivity index (χ1v) is 8.49. The molecule has 2 aliphatic carbocycles. The maximum absolute atomic E-state index is 13.5. The van der Waals surface area contributed by atoms with E-state index in [4.69, 9.17) is 0 Å². The van der Waals surface area contributed by atoms with Crippen molar-refractivity contribution in [1.82, 2.24) is 0 Å². The van der Waals surface area contributed by atoms with E-state index in [2.05, 4.69) is 0 Å². The molecule has 23 heavy (non-hydrogen) atoms. The highest BCUT2D eigenvalue weighted by molar-refractivity contribution is 9.10. The largest absolute Gasteiger partial charge is 0.381 e. The van der Waals surface area contributed by atoms with Crippen LogP contribution in [-0.2, 0) is 0 Å². The van der Waals surface area contributed by atoms with Gasteiger partial charge in [-0.1, -0.05) is 0 Å². The summed E-state index contributed by atoms with van der Waals surface area (Å²) in [6.45, 7) is 0. The number of hydrogen-bond acceptors (Lipinski definition) is 3. The van der Waals surface area contributed by atoms with Crippen LogP contribution in [0.4, 0.5) is 52.7 Å². The van der Waals surface area contributed by atoms with Crippen LogP contribution in [0.2, 0.25) is 0 Å². The minimum absolute atomic E-state index is 0.714. The molecule has 0 nitrogen and oxygen atoms in total. The predicted octanol–water partition coefficient (Wildman–Crippen LogP) is 6.07. The SMILES string of the molecule is FC1=C(SSSC2(F)C(F)(F)C(F)(F)C2(F)F)C(F)(F)C1(F)F. The Morgan fingerprint density at radius 1 is 0.609 bits per heavy atom. The summed E-state index contributed by atoms with van der Waals surface area (Å²) >= 11 is 0. The summed E-state index contributed by atoms with van der Waals surface area (Å²) in [6.07, 6.45) is 0. The molecular formula is C8F12S3. The molecule has 0 aliphatic heterocycles. The predicted molar refractivity (Wildman–Crippen MR) is 59.5 cm³/mol. The number of halogens is 12. The molecule has 1 fully saturated rings. The van der Waals surface area contributed by atoms with Crippen LogP contribution in [0.25, 0.3) is 0 Å². The third-order valence-electron chi connectivity index (χ3n) is 3.02. The van der Waals surface area contributed by atoms with E-state index in [0.717, 1.165) is 0 Å². The topological polar surface area (TPSA) is 0 Å². The molecule has 0 aromatic carbocycles.